The van der Waals surface area contributed by atoms with Crippen LogP contribution in [0.3, 0.4) is 0 Å². The van der Waals surface area contributed by atoms with Gasteiger partial charge in [0.05, 0.1) is 33.0 Å². The summed E-state index contributed by atoms with van der Waals surface area (Å²) in [6, 6.07) is 6.91. The minimum absolute atomic E-state index is 0.000946. The van der Waals surface area contributed by atoms with E-state index in [4.69, 9.17) is 24.1 Å². The van der Waals surface area contributed by atoms with Crippen LogP contribution in [0.1, 0.15) is 24.2 Å². The monoisotopic (exact) mass is 326 g/mol. The lowest BCUT2D eigenvalue weighted by Gasteiger charge is -2.23. The van der Waals surface area contributed by atoms with Crippen LogP contribution in [0, 0.1) is 0 Å². The van der Waals surface area contributed by atoms with Crippen LogP contribution in [0.2, 0.25) is 0 Å². The number of benzene rings is 1. The van der Waals surface area contributed by atoms with Crippen LogP contribution < -0.4 is 4.74 Å². The second kappa shape index (κ2) is 10.3. The molecule has 0 radical (unpaired) electrons. The molecule has 0 amide bonds. The average molecular weight is 326 g/mol. The minimum atomic E-state index is -0.904. The molecule has 0 fully saturated rings. The van der Waals surface area contributed by atoms with Crippen LogP contribution in [-0.4, -0.2) is 63.2 Å². The molecule has 6 nitrogen and oxygen atoms in total. The Morgan fingerprint density at radius 3 is 2.35 bits per heavy atom. The number of rotatable bonds is 12. The van der Waals surface area contributed by atoms with Gasteiger partial charge in [0.25, 0.3) is 0 Å². The molecule has 1 aromatic carbocycles. The van der Waals surface area contributed by atoms with Crippen LogP contribution in [0.15, 0.2) is 24.3 Å². The highest BCUT2D eigenvalue weighted by molar-refractivity contribution is 6.02. The number of methoxy groups -OCH3 is 1. The maximum absolute atomic E-state index is 12.5. The number of ketones is 1. The van der Waals surface area contributed by atoms with E-state index in [-0.39, 0.29) is 12.4 Å². The zero-order valence-electron chi connectivity index (χ0n) is 14.0. The van der Waals surface area contributed by atoms with Crippen LogP contribution in [0.5, 0.6) is 5.75 Å². The number of Topliss-reactive ketones (excluding diaryl/α,β-unsaturated/α-hetero) is 1. The third-order valence-corrected chi connectivity index (χ3v) is 3.15. The zero-order valence-corrected chi connectivity index (χ0v) is 14.0. The number of aliphatic hydroxyl groups excluding tert-OH is 1. The summed E-state index contributed by atoms with van der Waals surface area (Å²) in [5.41, 5.74) is -0.338. The molecule has 0 heterocycles. The van der Waals surface area contributed by atoms with E-state index in [1.165, 1.54) is 0 Å². The van der Waals surface area contributed by atoms with Crippen LogP contribution in [-0.2, 0) is 14.2 Å². The van der Waals surface area contributed by atoms with Gasteiger partial charge in [0.1, 0.15) is 18.0 Å². The fraction of sp³-hybridized carbons (Fsp3) is 0.588. The molecule has 0 aliphatic rings. The lowest BCUT2D eigenvalue weighted by molar-refractivity contribution is -0.0234. The number of hydrogen-bond donors (Lipinski definition) is 1. The average Bonchev–Trinajstić information content (AvgIpc) is 2.55. The van der Waals surface area contributed by atoms with Crippen LogP contribution >= 0.6 is 0 Å². The lowest BCUT2D eigenvalue weighted by atomic mass is 9.96. The Morgan fingerprint density at radius 2 is 1.74 bits per heavy atom. The van der Waals surface area contributed by atoms with Gasteiger partial charge in [-0.3, -0.25) is 4.79 Å². The van der Waals surface area contributed by atoms with Gasteiger partial charge in [-0.1, -0.05) is 0 Å². The molecular weight excluding hydrogens is 300 g/mol. The van der Waals surface area contributed by atoms with E-state index in [0.717, 1.165) is 0 Å². The second-order valence-electron chi connectivity index (χ2n) is 5.39. The first kappa shape index (κ1) is 19.6. The highest BCUT2D eigenvalue weighted by atomic mass is 16.5. The van der Waals surface area contributed by atoms with Crippen molar-refractivity contribution in [1.82, 2.24) is 0 Å². The summed E-state index contributed by atoms with van der Waals surface area (Å²) in [4.78, 5) is 12.5. The van der Waals surface area contributed by atoms with Gasteiger partial charge in [0.2, 0.25) is 0 Å². The zero-order chi connectivity index (χ0) is 17.1. The summed E-state index contributed by atoms with van der Waals surface area (Å²) in [5, 5.41) is 8.58. The highest BCUT2D eigenvalue weighted by Gasteiger charge is 2.29. The molecule has 6 heteroatoms. The predicted octanol–water partition coefficient (Wildman–Crippen LogP) is 1.70. The third kappa shape index (κ3) is 7.09. The molecule has 1 rings (SSSR count). The molecule has 0 atom stereocenters. The number of carbonyl (C=O) groups excluding carboxylic acids is 1. The molecule has 0 bridgehead atoms. The Bertz CT molecular complexity index is 455. The Hall–Kier alpha value is -1.47. The lowest BCUT2D eigenvalue weighted by Crippen LogP contribution is -2.36. The van der Waals surface area contributed by atoms with E-state index in [1.54, 1.807) is 45.2 Å². The van der Waals surface area contributed by atoms with Crippen molar-refractivity contribution in [2.24, 2.45) is 0 Å². The molecule has 23 heavy (non-hydrogen) atoms. The molecule has 0 aliphatic heterocycles. The number of hydrogen-bond acceptors (Lipinski definition) is 6. The Kier molecular flexibility index (Phi) is 8.79. The smallest absolute Gasteiger partial charge is 0.194 e. The minimum Gasteiger partial charge on any atom is -0.491 e. The predicted molar refractivity (Wildman–Crippen MR) is 86.1 cm³/mol. The second-order valence-corrected chi connectivity index (χ2v) is 5.39. The van der Waals surface area contributed by atoms with Crippen molar-refractivity contribution in [1.29, 1.82) is 0 Å². The molecule has 0 aliphatic carbocycles. The molecule has 0 saturated carbocycles. The van der Waals surface area contributed by atoms with Gasteiger partial charge >= 0.3 is 0 Å². The molecule has 1 N–H and O–H groups in total. The van der Waals surface area contributed by atoms with Crippen molar-refractivity contribution in [3.63, 3.8) is 0 Å². The van der Waals surface area contributed by atoms with Gasteiger partial charge < -0.3 is 24.1 Å². The SMILES string of the molecule is COCCOC(C)(C)C(=O)c1ccc(OCCOCCO)cc1. The molecule has 0 saturated heterocycles. The summed E-state index contributed by atoms with van der Waals surface area (Å²) in [6.45, 7) is 5.39. The van der Waals surface area contributed by atoms with Gasteiger partial charge in [-0.15, -0.1) is 0 Å². The first-order chi connectivity index (χ1) is 11.0. The third-order valence-electron chi connectivity index (χ3n) is 3.15. The normalized spacial score (nSPS) is 11.5. The van der Waals surface area contributed by atoms with Crippen molar-refractivity contribution in [2.75, 3.05) is 46.8 Å². The summed E-state index contributed by atoms with van der Waals surface area (Å²) in [7, 11) is 1.59. The van der Waals surface area contributed by atoms with Crippen molar-refractivity contribution >= 4 is 5.78 Å². The van der Waals surface area contributed by atoms with E-state index in [0.29, 0.717) is 44.3 Å². The van der Waals surface area contributed by atoms with Crippen molar-refractivity contribution in [3.8, 4) is 5.75 Å². The fourth-order valence-electron chi connectivity index (χ4n) is 1.88. The van der Waals surface area contributed by atoms with E-state index in [1.807, 2.05) is 0 Å². The Labute approximate surface area is 137 Å². The fourth-order valence-corrected chi connectivity index (χ4v) is 1.88. The molecule has 0 spiro atoms. The first-order valence-electron chi connectivity index (χ1n) is 7.60. The largest absolute Gasteiger partial charge is 0.491 e. The molecule has 130 valence electrons. The quantitative estimate of drug-likeness (QED) is 0.465. The molecular formula is C17H26O6. The van der Waals surface area contributed by atoms with E-state index >= 15 is 0 Å². The summed E-state index contributed by atoms with van der Waals surface area (Å²) < 4.78 is 21.1. The summed E-state index contributed by atoms with van der Waals surface area (Å²) in [5.74, 6) is 0.568. The number of aliphatic hydroxyl groups is 1. The van der Waals surface area contributed by atoms with Gasteiger partial charge in [-0.05, 0) is 38.1 Å². The standard InChI is InChI=1S/C17H26O6/c1-17(2,23-13-10-20-3)16(19)14-4-6-15(7-5-14)22-12-11-21-9-8-18/h4-7,18H,8-13H2,1-3H3. The number of carbonyl (C=O) groups is 1. The van der Waals surface area contributed by atoms with Crippen LogP contribution in [0.4, 0.5) is 0 Å². The topological polar surface area (TPSA) is 74.2 Å². The van der Waals surface area contributed by atoms with E-state index in [2.05, 4.69) is 0 Å². The van der Waals surface area contributed by atoms with Gasteiger partial charge in [-0.2, -0.15) is 0 Å². The first-order valence-corrected chi connectivity index (χ1v) is 7.60. The molecule has 0 aromatic heterocycles. The van der Waals surface area contributed by atoms with Crippen molar-refractivity contribution in [2.45, 2.75) is 19.4 Å². The maximum Gasteiger partial charge on any atom is 0.194 e. The van der Waals surface area contributed by atoms with E-state index < -0.39 is 5.60 Å². The Morgan fingerprint density at radius 1 is 1.04 bits per heavy atom. The highest BCUT2D eigenvalue weighted by Crippen LogP contribution is 2.20. The van der Waals surface area contributed by atoms with E-state index in [9.17, 15) is 4.79 Å². The maximum atomic E-state index is 12.5. The van der Waals surface area contributed by atoms with Crippen molar-refractivity contribution in [3.05, 3.63) is 29.8 Å². The molecule has 0 unspecified atom stereocenters. The van der Waals surface area contributed by atoms with Crippen LogP contribution in [0.25, 0.3) is 0 Å². The van der Waals surface area contributed by atoms with Gasteiger partial charge in [-0.25, -0.2) is 0 Å². The summed E-state index contributed by atoms with van der Waals surface area (Å²) >= 11 is 0. The Balaban J connectivity index is 2.49. The van der Waals surface area contributed by atoms with Crippen molar-refractivity contribution < 1.29 is 28.8 Å². The molecule has 1 aromatic rings. The van der Waals surface area contributed by atoms with Gasteiger partial charge in [0, 0.05) is 12.7 Å². The summed E-state index contributed by atoms with van der Waals surface area (Å²) in [6.07, 6.45) is 0. The van der Waals surface area contributed by atoms with Gasteiger partial charge in [0.15, 0.2) is 5.78 Å². The number of ether oxygens (including phenoxy) is 4.